The summed E-state index contributed by atoms with van der Waals surface area (Å²) in [5.41, 5.74) is 0.503. The summed E-state index contributed by atoms with van der Waals surface area (Å²) in [6.45, 7) is 6.36. The first-order chi connectivity index (χ1) is 9.71. The van der Waals surface area contributed by atoms with Crippen LogP contribution in [0.4, 0.5) is 4.39 Å². The lowest BCUT2D eigenvalue weighted by Gasteiger charge is -2.40. The van der Waals surface area contributed by atoms with E-state index in [2.05, 4.69) is 19.2 Å². The molecular formula is C17H24FNO2. The van der Waals surface area contributed by atoms with Crippen molar-refractivity contribution in [2.24, 2.45) is 5.41 Å². The van der Waals surface area contributed by atoms with Crippen molar-refractivity contribution in [2.45, 2.75) is 52.1 Å². The molecule has 0 heterocycles. The summed E-state index contributed by atoms with van der Waals surface area (Å²) >= 11 is 0. The Bertz CT molecular complexity index is 530. The van der Waals surface area contributed by atoms with Gasteiger partial charge in [0.25, 0.3) is 5.91 Å². The minimum Gasteiger partial charge on any atom is -0.388 e. The van der Waals surface area contributed by atoms with E-state index in [1.54, 1.807) is 6.92 Å². The van der Waals surface area contributed by atoms with Gasteiger partial charge in [-0.25, -0.2) is 4.39 Å². The Labute approximate surface area is 125 Å². The van der Waals surface area contributed by atoms with Crippen LogP contribution >= 0.6 is 0 Å². The number of benzene rings is 1. The number of aliphatic hydroxyl groups is 1. The van der Waals surface area contributed by atoms with Crippen molar-refractivity contribution in [3.63, 3.8) is 0 Å². The van der Waals surface area contributed by atoms with Crippen LogP contribution in [0.1, 0.15) is 55.5 Å². The van der Waals surface area contributed by atoms with Crippen molar-refractivity contribution in [1.82, 2.24) is 5.32 Å². The highest BCUT2D eigenvalue weighted by Gasteiger charge is 2.36. The molecule has 1 aromatic carbocycles. The largest absolute Gasteiger partial charge is 0.388 e. The smallest absolute Gasteiger partial charge is 0.251 e. The van der Waals surface area contributed by atoms with Crippen LogP contribution in [0.2, 0.25) is 0 Å². The average Bonchev–Trinajstić information content (AvgIpc) is 2.40. The van der Waals surface area contributed by atoms with Gasteiger partial charge in [0, 0.05) is 12.1 Å². The Morgan fingerprint density at radius 3 is 2.48 bits per heavy atom. The maximum atomic E-state index is 13.0. The molecule has 1 saturated carbocycles. The molecule has 116 valence electrons. The van der Waals surface area contributed by atoms with Crippen LogP contribution in [0.25, 0.3) is 0 Å². The predicted molar refractivity (Wildman–Crippen MR) is 80.7 cm³/mol. The number of carbonyl (C=O) groups is 1. The Morgan fingerprint density at radius 2 is 1.90 bits per heavy atom. The standard InChI is InChI=1S/C17H24FNO2/c1-12-10-13(18)4-5-14(12)15(20)19-11-17(21)8-6-16(2,3)7-9-17/h4-5,10,21H,6-9,11H2,1-3H3,(H,19,20). The number of hydrogen-bond acceptors (Lipinski definition) is 2. The molecule has 0 saturated heterocycles. The van der Waals surface area contributed by atoms with Gasteiger partial charge in [0.05, 0.1) is 5.60 Å². The summed E-state index contributed by atoms with van der Waals surface area (Å²) in [6.07, 6.45) is 3.30. The van der Waals surface area contributed by atoms with Crippen LogP contribution in [-0.4, -0.2) is 23.2 Å². The second-order valence-electron chi connectivity index (χ2n) is 7.03. The lowest BCUT2D eigenvalue weighted by atomic mass is 9.71. The van der Waals surface area contributed by atoms with E-state index in [0.717, 1.165) is 12.8 Å². The van der Waals surface area contributed by atoms with E-state index in [-0.39, 0.29) is 23.7 Å². The Hall–Kier alpha value is -1.42. The molecule has 0 bridgehead atoms. The summed E-state index contributed by atoms with van der Waals surface area (Å²) in [6, 6.07) is 4.10. The van der Waals surface area contributed by atoms with Crippen molar-refractivity contribution in [1.29, 1.82) is 0 Å². The zero-order valence-electron chi connectivity index (χ0n) is 13.0. The van der Waals surface area contributed by atoms with Gasteiger partial charge < -0.3 is 10.4 Å². The normalized spacial score (nSPS) is 20.0. The fourth-order valence-electron chi connectivity index (χ4n) is 2.79. The second-order valence-corrected chi connectivity index (χ2v) is 7.03. The molecule has 1 amide bonds. The van der Waals surface area contributed by atoms with Crippen molar-refractivity contribution in [3.05, 3.63) is 35.1 Å². The number of rotatable bonds is 3. The van der Waals surface area contributed by atoms with Gasteiger partial charge in [-0.2, -0.15) is 0 Å². The van der Waals surface area contributed by atoms with E-state index in [1.165, 1.54) is 18.2 Å². The monoisotopic (exact) mass is 293 g/mol. The van der Waals surface area contributed by atoms with Gasteiger partial charge in [-0.05, 0) is 61.8 Å². The molecule has 1 aliphatic rings. The van der Waals surface area contributed by atoms with Crippen LogP contribution in [0.3, 0.4) is 0 Å². The van der Waals surface area contributed by atoms with E-state index in [0.29, 0.717) is 24.0 Å². The zero-order valence-corrected chi connectivity index (χ0v) is 13.0. The SMILES string of the molecule is Cc1cc(F)ccc1C(=O)NCC1(O)CCC(C)(C)CC1. The molecule has 1 aliphatic carbocycles. The first kappa shape index (κ1) is 16.0. The fraction of sp³-hybridized carbons (Fsp3) is 0.588. The molecular weight excluding hydrogens is 269 g/mol. The highest BCUT2D eigenvalue weighted by atomic mass is 19.1. The summed E-state index contributed by atoms with van der Waals surface area (Å²) in [5, 5.41) is 13.3. The van der Waals surface area contributed by atoms with Gasteiger partial charge >= 0.3 is 0 Å². The van der Waals surface area contributed by atoms with E-state index in [9.17, 15) is 14.3 Å². The summed E-state index contributed by atoms with van der Waals surface area (Å²) in [7, 11) is 0. The third-order valence-electron chi connectivity index (χ3n) is 4.55. The van der Waals surface area contributed by atoms with Gasteiger partial charge in [-0.3, -0.25) is 4.79 Å². The van der Waals surface area contributed by atoms with E-state index >= 15 is 0 Å². The first-order valence-electron chi connectivity index (χ1n) is 7.48. The van der Waals surface area contributed by atoms with Crippen LogP contribution in [0.15, 0.2) is 18.2 Å². The molecule has 0 unspecified atom stereocenters. The van der Waals surface area contributed by atoms with Crippen molar-refractivity contribution in [3.8, 4) is 0 Å². The molecule has 0 aliphatic heterocycles. The molecule has 1 aromatic rings. The molecule has 0 aromatic heterocycles. The van der Waals surface area contributed by atoms with Crippen LogP contribution in [0.5, 0.6) is 0 Å². The van der Waals surface area contributed by atoms with Crippen molar-refractivity contribution >= 4 is 5.91 Å². The molecule has 1 fully saturated rings. The maximum absolute atomic E-state index is 13.0. The Balaban J connectivity index is 1.95. The predicted octanol–water partition coefficient (Wildman–Crippen LogP) is 3.20. The van der Waals surface area contributed by atoms with Gasteiger partial charge in [0.2, 0.25) is 0 Å². The number of hydrogen-bond donors (Lipinski definition) is 2. The molecule has 3 nitrogen and oxygen atoms in total. The number of halogens is 1. The second kappa shape index (κ2) is 5.76. The van der Waals surface area contributed by atoms with Crippen LogP contribution < -0.4 is 5.32 Å². The molecule has 0 radical (unpaired) electrons. The zero-order chi connectivity index (χ0) is 15.7. The Morgan fingerprint density at radius 1 is 1.29 bits per heavy atom. The average molecular weight is 293 g/mol. The number of nitrogens with one attached hydrogen (secondary N) is 1. The molecule has 0 atom stereocenters. The molecule has 4 heteroatoms. The third kappa shape index (κ3) is 4.03. The van der Waals surface area contributed by atoms with Gasteiger partial charge in [-0.1, -0.05) is 13.8 Å². The highest BCUT2D eigenvalue weighted by Crippen LogP contribution is 2.39. The summed E-state index contributed by atoms with van der Waals surface area (Å²) in [5.74, 6) is -0.608. The minimum absolute atomic E-state index is 0.249. The summed E-state index contributed by atoms with van der Waals surface area (Å²) < 4.78 is 13.0. The van der Waals surface area contributed by atoms with Crippen molar-refractivity contribution in [2.75, 3.05) is 6.54 Å². The molecule has 2 rings (SSSR count). The lowest BCUT2D eigenvalue weighted by molar-refractivity contribution is -0.0233. The number of aryl methyl sites for hydroxylation is 1. The topological polar surface area (TPSA) is 49.3 Å². The van der Waals surface area contributed by atoms with Gasteiger partial charge in [0.15, 0.2) is 0 Å². The lowest BCUT2D eigenvalue weighted by Crippen LogP contribution is -2.46. The first-order valence-corrected chi connectivity index (χ1v) is 7.48. The Kier molecular flexibility index (Phi) is 4.38. The highest BCUT2D eigenvalue weighted by molar-refractivity contribution is 5.95. The van der Waals surface area contributed by atoms with E-state index in [4.69, 9.17) is 0 Å². The molecule has 2 N–H and O–H groups in total. The number of amides is 1. The maximum Gasteiger partial charge on any atom is 0.251 e. The van der Waals surface area contributed by atoms with Gasteiger partial charge in [-0.15, -0.1) is 0 Å². The third-order valence-corrected chi connectivity index (χ3v) is 4.55. The van der Waals surface area contributed by atoms with Crippen LogP contribution in [0, 0.1) is 18.2 Å². The minimum atomic E-state index is -0.820. The quantitative estimate of drug-likeness (QED) is 0.899. The van der Waals surface area contributed by atoms with Crippen molar-refractivity contribution < 1.29 is 14.3 Å². The van der Waals surface area contributed by atoms with Crippen LogP contribution in [-0.2, 0) is 0 Å². The number of carbonyl (C=O) groups excluding carboxylic acids is 1. The van der Waals surface area contributed by atoms with Gasteiger partial charge in [0.1, 0.15) is 5.82 Å². The molecule has 0 spiro atoms. The summed E-state index contributed by atoms with van der Waals surface area (Å²) in [4.78, 5) is 12.1. The van der Waals surface area contributed by atoms with E-state index < -0.39 is 5.60 Å². The fourth-order valence-corrected chi connectivity index (χ4v) is 2.79. The van der Waals surface area contributed by atoms with E-state index in [1.807, 2.05) is 0 Å². The molecule has 21 heavy (non-hydrogen) atoms.